The van der Waals surface area contributed by atoms with Gasteiger partial charge in [0.1, 0.15) is 0 Å². The van der Waals surface area contributed by atoms with Gasteiger partial charge in [0, 0.05) is 10.6 Å². The molecular weight excluding hydrogens is 155 g/mol. The average Bonchev–Trinajstić information content (AvgIpc) is 1.87. The van der Waals surface area contributed by atoms with Crippen LogP contribution in [0.2, 0.25) is 0 Å². The molecule has 2 heteroatoms. The van der Waals surface area contributed by atoms with Gasteiger partial charge in [-0.25, -0.2) is 0 Å². The fourth-order valence-electron chi connectivity index (χ4n) is 0.284. The molecule has 0 fully saturated rings. The maximum atomic E-state index is 5.67. The largest absolute Gasteiger partial charge is 0.0987 e. The summed E-state index contributed by atoms with van der Waals surface area (Å²) >= 11 is 10.9. The summed E-state index contributed by atoms with van der Waals surface area (Å²) in [6.07, 6.45) is 3.29. The number of halogens is 2. The third-order valence-electron chi connectivity index (χ3n) is 0.892. The van der Waals surface area contributed by atoms with Crippen molar-refractivity contribution < 1.29 is 0 Å². The molecule has 0 saturated heterocycles. The maximum Gasteiger partial charge on any atom is 0.0443 e. The average molecular weight is 163 g/mol. The summed E-state index contributed by atoms with van der Waals surface area (Å²) in [6, 6.07) is 0. The van der Waals surface area contributed by atoms with Crippen molar-refractivity contribution in [2.45, 2.75) is 6.92 Å². The van der Waals surface area contributed by atoms with Crippen molar-refractivity contribution in [1.82, 2.24) is 0 Å². The van der Waals surface area contributed by atoms with Gasteiger partial charge in [-0.2, -0.15) is 0 Å². The monoisotopic (exact) mass is 162 g/mol. The van der Waals surface area contributed by atoms with Crippen molar-refractivity contribution >= 4 is 23.2 Å². The Morgan fingerprint density at radius 3 is 2.44 bits per heavy atom. The van der Waals surface area contributed by atoms with Crippen molar-refractivity contribution in [3.8, 4) is 0 Å². The minimum Gasteiger partial charge on any atom is -0.0987 e. The molecular formula is C7H8Cl2. The molecule has 0 nitrogen and oxygen atoms in total. The third kappa shape index (κ3) is 3.39. The Bertz CT molecular complexity index is 154. The van der Waals surface area contributed by atoms with E-state index in [1.165, 1.54) is 5.54 Å². The predicted molar refractivity (Wildman–Crippen MR) is 43.7 cm³/mol. The maximum absolute atomic E-state index is 5.67. The molecule has 0 aromatic heterocycles. The van der Waals surface area contributed by atoms with Crippen molar-refractivity contribution in [3.05, 3.63) is 34.9 Å². The van der Waals surface area contributed by atoms with Gasteiger partial charge in [0.2, 0.25) is 0 Å². The smallest absolute Gasteiger partial charge is 0.0443 e. The van der Waals surface area contributed by atoms with E-state index in [0.29, 0.717) is 5.03 Å². The van der Waals surface area contributed by atoms with Gasteiger partial charge >= 0.3 is 0 Å². The van der Waals surface area contributed by atoms with E-state index < -0.39 is 0 Å². The van der Waals surface area contributed by atoms with Gasteiger partial charge in [-0.05, 0) is 18.6 Å². The summed E-state index contributed by atoms with van der Waals surface area (Å²) in [7, 11) is 0. The minimum absolute atomic E-state index is 0.625. The molecule has 0 bridgehead atoms. The van der Waals surface area contributed by atoms with Gasteiger partial charge < -0.3 is 0 Å². The molecule has 0 aliphatic carbocycles. The van der Waals surface area contributed by atoms with Crippen LogP contribution in [0.4, 0.5) is 0 Å². The lowest BCUT2D eigenvalue weighted by atomic mass is 10.3. The molecule has 50 valence electrons. The van der Waals surface area contributed by atoms with Crippen molar-refractivity contribution in [2.75, 3.05) is 0 Å². The first kappa shape index (κ1) is 8.80. The first-order valence-electron chi connectivity index (χ1n) is 2.48. The van der Waals surface area contributed by atoms with E-state index in [9.17, 15) is 0 Å². The van der Waals surface area contributed by atoms with Crippen LogP contribution in [0.15, 0.2) is 34.9 Å². The Hall–Kier alpha value is -0.200. The van der Waals surface area contributed by atoms with Crippen LogP contribution in [0, 0.1) is 0 Å². The molecule has 0 spiro atoms. The van der Waals surface area contributed by atoms with Crippen molar-refractivity contribution in [3.63, 3.8) is 0 Å². The second-order valence-corrected chi connectivity index (χ2v) is 2.19. The van der Waals surface area contributed by atoms with Gasteiger partial charge in [-0.1, -0.05) is 35.9 Å². The molecule has 0 atom stereocenters. The van der Waals surface area contributed by atoms with E-state index in [0.717, 1.165) is 5.57 Å². The van der Waals surface area contributed by atoms with E-state index >= 15 is 0 Å². The number of hydrogen-bond donors (Lipinski definition) is 0. The topological polar surface area (TPSA) is 0 Å². The van der Waals surface area contributed by atoms with Crippen LogP contribution >= 0.6 is 23.2 Å². The van der Waals surface area contributed by atoms with Gasteiger partial charge in [-0.3, -0.25) is 0 Å². The van der Waals surface area contributed by atoms with Gasteiger partial charge in [0.15, 0.2) is 0 Å². The second kappa shape index (κ2) is 4.66. The standard InChI is InChI=1S/C7H8Cl2/c1-3-6(2)7(9)4-5-8/h3-5H,1H2,2H3/b5-4+,7-6+. The SMILES string of the molecule is C=C/C(C)=C(Cl)\C=C\Cl. The normalized spacial score (nSPS) is 13.7. The molecule has 0 radical (unpaired) electrons. The highest BCUT2D eigenvalue weighted by atomic mass is 35.5. The summed E-state index contributed by atoms with van der Waals surface area (Å²) in [6.45, 7) is 5.41. The van der Waals surface area contributed by atoms with Crippen LogP contribution in [0.1, 0.15) is 6.92 Å². The lowest BCUT2D eigenvalue weighted by Crippen LogP contribution is -1.69. The molecule has 0 aromatic rings. The van der Waals surface area contributed by atoms with E-state index in [-0.39, 0.29) is 0 Å². The van der Waals surface area contributed by atoms with E-state index in [4.69, 9.17) is 23.2 Å². The van der Waals surface area contributed by atoms with E-state index in [1.807, 2.05) is 6.92 Å². The zero-order valence-electron chi connectivity index (χ0n) is 5.20. The van der Waals surface area contributed by atoms with Crippen LogP contribution < -0.4 is 0 Å². The molecule has 0 unspecified atom stereocenters. The molecule has 9 heavy (non-hydrogen) atoms. The molecule has 0 heterocycles. The second-order valence-electron chi connectivity index (χ2n) is 1.53. The van der Waals surface area contributed by atoms with Crippen LogP contribution in [-0.2, 0) is 0 Å². The molecule has 0 N–H and O–H groups in total. The molecule has 0 amide bonds. The summed E-state index contributed by atoms with van der Waals surface area (Å²) < 4.78 is 0. The highest BCUT2D eigenvalue weighted by Crippen LogP contribution is 2.11. The molecule has 0 aromatic carbocycles. The Morgan fingerprint density at radius 1 is 1.56 bits per heavy atom. The molecule has 0 aliphatic heterocycles. The van der Waals surface area contributed by atoms with E-state index in [1.54, 1.807) is 12.2 Å². The lowest BCUT2D eigenvalue weighted by molar-refractivity contribution is 1.51. The fraction of sp³-hybridized carbons (Fsp3) is 0.143. The molecule has 0 saturated carbocycles. The molecule has 0 aliphatic rings. The Labute approximate surface area is 65.5 Å². The van der Waals surface area contributed by atoms with Gasteiger partial charge in [0.25, 0.3) is 0 Å². The van der Waals surface area contributed by atoms with Crippen LogP contribution in [0.5, 0.6) is 0 Å². The number of rotatable bonds is 2. The highest BCUT2D eigenvalue weighted by molar-refractivity contribution is 6.33. The Kier molecular flexibility index (Phi) is 4.55. The quantitative estimate of drug-likeness (QED) is 0.547. The van der Waals surface area contributed by atoms with Crippen LogP contribution in [-0.4, -0.2) is 0 Å². The van der Waals surface area contributed by atoms with Crippen molar-refractivity contribution in [2.24, 2.45) is 0 Å². The lowest BCUT2D eigenvalue weighted by Gasteiger charge is -1.90. The minimum atomic E-state index is 0.625. The summed E-state index contributed by atoms with van der Waals surface area (Å²) in [5.41, 5.74) is 2.29. The van der Waals surface area contributed by atoms with Crippen molar-refractivity contribution in [1.29, 1.82) is 0 Å². The number of allylic oxidation sites excluding steroid dienone is 4. The Balaban J connectivity index is 4.27. The first-order chi connectivity index (χ1) is 4.22. The fourth-order valence-corrected chi connectivity index (χ4v) is 0.615. The van der Waals surface area contributed by atoms with E-state index in [2.05, 4.69) is 6.58 Å². The number of hydrogen-bond acceptors (Lipinski definition) is 0. The third-order valence-corrected chi connectivity index (χ3v) is 1.44. The van der Waals surface area contributed by atoms with Gasteiger partial charge in [-0.15, -0.1) is 0 Å². The predicted octanol–water partition coefficient (Wildman–Crippen LogP) is 3.44. The van der Waals surface area contributed by atoms with Crippen LogP contribution in [0.25, 0.3) is 0 Å². The zero-order chi connectivity index (χ0) is 7.28. The van der Waals surface area contributed by atoms with Gasteiger partial charge in [0.05, 0.1) is 0 Å². The molecule has 0 rings (SSSR count). The summed E-state index contributed by atoms with van der Waals surface area (Å²) in [5.74, 6) is 0. The summed E-state index contributed by atoms with van der Waals surface area (Å²) in [5, 5.41) is 0.625. The highest BCUT2D eigenvalue weighted by Gasteiger charge is 1.87. The van der Waals surface area contributed by atoms with Crippen LogP contribution in [0.3, 0.4) is 0 Å². The first-order valence-corrected chi connectivity index (χ1v) is 3.29. The zero-order valence-corrected chi connectivity index (χ0v) is 6.71. The Morgan fingerprint density at radius 2 is 2.11 bits per heavy atom. The summed E-state index contributed by atoms with van der Waals surface area (Å²) in [4.78, 5) is 0.